The highest BCUT2D eigenvalue weighted by molar-refractivity contribution is 6.42. The van der Waals surface area contributed by atoms with Crippen LogP contribution in [0.25, 0.3) is 0 Å². The number of hydrogen-bond acceptors (Lipinski definition) is 4. The molecule has 0 N–H and O–H groups in total. The van der Waals surface area contributed by atoms with E-state index in [-0.39, 0.29) is 11.3 Å². The van der Waals surface area contributed by atoms with Gasteiger partial charge >= 0.3 is 0 Å². The molecule has 1 unspecified atom stereocenters. The molecule has 7 heteroatoms. The number of hydrogen-bond donors (Lipinski definition) is 0. The van der Waals surface area contributed by atoms with Gasteiger partial charge in [0.05, 0.1) is 23.6 Å². The summed E-state index contributed by atoms with van der Waals surface area (Å²) in [7, 11) is 1.66. The van der Waals surface area contributed by atoms with Crippen molar-refractivity contribution in [3.63, 3.8) is 0 Å². The van der Waals surface area contributed by atoms with E-state index < -0.39 is 0 Å². The molecular weight excluding hydrogens is 517 g/mol. The number of benzene rings is 2. The fourth-order valence-corrected chi connectivity index (χ4v) is 7.09. The van der Waals surface area contributed by atoms with Crippen molar-refractivity contribution in [2.75, 3.05) is 52.9 Å². The lowest BCUT2D eigenvalue weighted by Gasteiger charge is -2.42. The molecule has 2 saturated heterocycles. The number of rotatable bonds is 8. The fourth-order valence-electron chi connectivity index (χ4n) is 6.79. The van der Waals surface area contributed by atoms with E-state index in [1.165, 1.54) is 50.8 Å². The predicted octanol–water partition coefficient (Wildman–Crippen LogP) is 6.06. The van der Waals surface area contributed by atoms with Gasteiger partial charge in [0.1, 0.15) is 5.75 Å². The molecule has 2 aliphatic heterocycles. The highest BCUT2D eigenvalue weighted by atomic mass is 35.5. The number of likely N-dealkylation sites (tertiary alicyclic amines) is 1. The summed E-state index contributed by atoms with van der Waals surface area (Å²) >= 11 is 12.8. The Bertz CT molecular complexity index is 1100. The lowest BCUT2D eigenvalue weighted by Crippen LogP contribution is -2.51. The lowest BCUT2D eigenvalue weighted by molar-refractivity contribution is -0.129. The molecular formula is C31H41Cl2N3O2. The van der Waals surface area contributed by atoms with Crippen LogP contribution < -0.4 is 4.74 Å². The van der Waals surface area contributed by atoms with Crippen molar-refractivity contribution in [3.05, 3.63) is 63.6 Å². The first-order chi connectivity index (χ1) is 18.5. The first-order valence-electron chi connectivity index (χ1n) is 14.3. The minimum atomic E-state index is -0.120. The molecule has 1 saturated carbocycles. The lowest BCUT2D eigenvalue weighted by atomic mass is 9.76. The first-order valence-corrected chi connectivity index (χ1v) is 15.0. The van der Waals surface area contributed by atoms with Crippen LogP contribution in [0.2, 0.25) is 10.0 Å². The number of carbonyl (C=O) groups is 1. The minimum Gasteiger partial charge on any atom is -0.496 e. The van der Waals surface area contributed by atoms with Crippen molar-refractivity contribution < 1.29 is 9.53 Å². The zero-order chi connectivity index (χ0) is 26.5. The van der Waals surface area contributed by atoms with Gasteiger partial charge in [0.15, 0.2) is 0 Å². The summed E-state index contributed by atoms with van der Waals surface area (Å²) in [5, 5.41) is 1.16. The molecule has 5 rings (SSSR count). The number of halogens is 2. The molecule has 206 valence electrons. The number of methoxy groups -OCH3 is 1. The molecule has 2 aromatic rings. The Morgan fingerprint density at radius 1 is 0.974 bits per heavy atom. The number of carbonyl (C=O) groups excluding carboxylic acids is 1. The molecule has 0 aromatic heterocycles. The summed E-state index contributed by atoms with van der Waals surface area (Å²) in [6.45, 7) is 7.11. The molecule has 3 aliphatic rings. The highest BCUT2D eigenvalue weighted by Crippen LogP contribution is 2.40. The van der Waals surface area contributed by atoms with E-state index in [1.807, 2.05) is 41.3 Å². The standard InChI is InChI=1S/C31H41Cl2N3O2/c1-38-29-10-6-5-7-24(29)21-30(37)36-16-14-31(23-36,25-11-12-27(32)28(33)22-25)13-15-34-17-19-35(20-18-34)26-8-3-2-4-9-26/h5-7,10-12,22,26H,2-4,8-9,13-21,23H2,1H3. The van der Waals surface area contributed by atoms with Gasteiger partial charge in [0.25, 0.3) is 0 Å². The smallest absolute Gasteiger partial charge is 0.227 e. The molecule has 1 amide bonds. The second-order valence-electron chi connectivity index (χ2n) is 11.4. The molecule has 38 heavy (non-hydrogen) atoms. The third-order valence-corrected chi connectivity index (χ3v) is 9.92. The third-order valence-electron chi connectivity index (χ3n) is 9.18. The van der Waals surface area contributed by atoms with Crippen molar-refractivity contribution in [1.29, 1.82) is 0 Å². The monoisotopic (exact) mass is 557 g/mol. The first kappa shape index (κ1) is 27.8. The topological polar surface area (TPSA) is 36.0 Å². The number of ether oxygens (including phenoxy) is 1. The van der Waals surface area contributed by atoms with Crippen LogP contribution in [-0.2, 0) is 16.6 Å². The van der Waals surface area contributed by atoms with Crippen LogP contribution in [-0.4, -0.2) is 79.6 Å². The Balaban J connectivity index is 1.25. The molecule has 0 radical (unpaired) electrons. The van der Waals surface area contributed by atoms with Crippen LogP contribution in [0.15, 0.2) is 42.5 Å². The molecule has 0 spiro atoms. The Labute approximate surface area is 238 Å². The maximum absolute atomic E-state index is 13.4. The number of amides is 1. The van der Waals surface area contributed by atoms with E-state index in [9.17, 15) is 4.79 Å². The summed E-state index contributed by atoms with van der Waals surface area (Å²) in [5.41, 5.74) is 2.01. The molecule has 5 nitrogen and oxygen atoms in total. The maximum atomic E-state index is 13.4. The Hall–Kier alpha value is -1.79. The quantitative estimate of drug-likeness (QED) is 0.395. The van der Waals surface area contributed by atoms with Gasteiger partial charge in [-0.2, -0.15) is 0 Å². The molecule has 3 fully saturated rings. The SMILES string of the molecule is COc1ccccc1CC(=O)N1CCC(CCN2CCN(C3CCCCC3)CC2)(c2ccc(Cl)c(Cl)c2)C1. The van der Waals surface area contributed by atoms with Gasteiger partial charge in [-0.1, -0.05) is 66.7 Å². The molecule has 2 aromatic carbocycles. The van der Waals surface area contributed by atoms with Crippen LogP contribution in [0.5, 0.6) is 5.75 Å². The van der Waals surface area contributed by atoms with E-state index in [0.717, 1.165) is 56.4 Å². The van der Waals surface area contributed by atoms with Gasteiger partial charge in [-0.3, -0.25) is 9.69 Å². The van der Waals surface area contributed by atoms with Crippen molar-refractivity contribution in [2.24, 2.45) is 0 Å². The predicted molar refractivity (Wildman–Crippen MR) is 156 cm³/mol. The second-order valence-corrected chi connectivity index (χ2v) is 12.2. The van der Waals surface area contributed by atoms with Crippen LogP contribution in [0.1, 0.15) is 56.1 Å². The Morgan fingerprint density at radius 3 is 2.47 bits per heavy atom. The van der Waals surface area contributed by atoms with Crippen molar-refractivity contribution in [2.45, 2.75) is 62.8 Å². The highest BCUT2D eigenvalue weighted by Gasteiger charge is 2.42. The van der Waals surface area contributed by atoms with Gasteiger partial charge < -0.3 is 14.5 Å². The van der Waals surface area contributed by atoms with E-state index in [0.29, 0.717) is 23.0 Å². The molecule has 2 heterocycles. The van der Waals surface area contributed by atoms with Gasteiger partial charge in [0, 0.05) is 56.3 Å². The summed E-state index contributed by atoms with van der Waals surface area (Å²) < 4.78 is 5.49. The normalized spacial score (nSPS) is 23.6. The molecule has 1 aliphatic carbocycles. The Morgan fingerprint density at radius 2 is 1.74 bits per heavy atom. The average Bonchev–Trinajstić information content (AvgIpc) is 3.40. The van der Waals surface area contributed by atoms with Crippen molar-refractivity contribution in [1.82, 2.24) is 14.7 Å². The zero-order valence-corrected chi connectivity index (χ0v) is 24.2. The summed E-state index contributed by atoms with van der Waals surface area (Å²) in [4.78, 5) is 20.8. The fraction of sp³-hybridized carbons (Fsp3) is 0.581. The average molecular weight is 559 g/mol. The van der Waals surface area contributed by atoms with Crippen molar-refractivity contribution in [3.8, 4) is 5.75 Å². The number of piperazine rings is 1. The van der Waals surface area contributed by atoms with Crippen molar-refractivity contribution >= 4 is 29.1 Å². The summed E-state index contributed by atoms with van der Waals surface area (Å²) in [6, 6.07) is 14.6. The number of para-hydroxylation sites is 1. The molecule has 1 atom stereocenters. The third kappa shape index (κ3) is 6.33. The van der Waals surface area contributed by atoms with Crippen LogP contribution in [0.3, 0.4) is 0 Å². The largest absolute Gasteiger partial charge is 0.496 e. The molecule has 0 bridgehead atoms. The maximum Gasteiger partial charge on any atom is 0.227 e. The summed E-state index contributed by atoms with van der Waals surface area (Å²) in [5.74, 6) is 0.917. The number of nitrogens with zero attached hydrogens (tertiary/aromatic N) is 3. The van der Waals surface area contributed by atoms with Crippen LogP contribution in [0, 0.1) is 0 Å². The van der Waals surface area contributed by atoms with E-state index >= 15 is 0 Å². The van der Waals surface area contributed by atoms with Crippen LogP contribution >= 0.6 is 23.2 Å². The van der Waals surface area contributed by atoms with Gasteiger partial charge in [-0.15, -0.1) is 0 Å². The zero-order valence-electron chi connectivity index (χ0n) is 22.6. The van der Waals surface area contributed by atoms with Gasteiger partial charge in [0.2, 0.25) is 5.91 Å². The van der Waals surface area contributed by atoms with Gasteiger partial charge in [-0.05, 0) is 56.0 Å². The summed E-state index contributed by atoms with van der Waals surface area (Å²) in [6.07, 6.45) is 9.23. The minimum absolute atomic E-state index is 0.120. The van der Waals surface area contributed by atoms with Gasteiger partial charge in [-0.25, -0.2) is 0 Å². The van der Waals surface area contributed by atoms with E-state index in [2.05, 4.69) is 15.9 Å². The van der Waals surface area contributed by atoms with Crippen LogP contribution in [0.4, 0.5) is 0 Å². The Kier molecular flexibility index (Phi) is 9.20. The second kappa shape index (κ2) is 12.6. The van der Waals surface area contributed by atoms with E-state index in [4.69, 9.17) is 27.9 Å². The van der Waals surface area contributed by atoms with E-state index in [1.54, 1.807) is 7.11 Å².